The number of nitrogens with zero attached hydrogens (tertiary/aromatic N) is 3. The molecule has 8 heteroatoms. The van der Waals surface area contributed by atoms with E-state index in [1.165, 1.54) is 0 Å². The van der Waals surface area contributed by atoms with Gasteiger partial charge in [-0.25, -0.2) is 0 Å². The average Bonchev–Trinajstić information content (AvgIpc) is 3.40. The minimum Gasteiger partial charge on any atom is -0.494 e. The Bertz CT molecular complexity index is 1130. The number of carbonyl (C=O) groups excluding carboxylic acids is 1. The lowest BCUT2D eigenvalue weighted by atomic mass is 10.2. The first-order valence-electron chi connectivity index (χ1n) is 9.40. The van der Waals surface area contributed by atoms with Crippen molar-refractivity contribution in [2.24, 2.45) is 0 Å². The van der Waals surface area contributed by atoms with E-state index in [0.717, 1.165) is 15.8 Å². The van der Waals surface area contributed by atoms with E-state index >= 15 is 0 Å². The molecule has 0 saturated heterocycles. The van der Waals surface area contributed by atoms with Crippen LogP contribution >= 0.6 is 15.9 Å². The molecular weight excluding hydrogens is 448 g/mol. The van der Waals surface area contributed by atoms with Gasteiger partial charge in [-0.2, -0.15) is 4.98 Å². The number of aromatic nitrogens is 3. The van der Waals surface area contributed by atoms with Crippen LogP contribution in [0.1, 0.15) is 6.92 Å². The van der Waals surface area contributed by atoms with E-state index in [-0.39, 0.29) is 12.5 Å². The molecule has 0 aliphatic carbocycles. The van der Waals surface area contributed by atoms with Crippen LogP contribution in [0, 0.1) is 0 Å². The molecule has 0 bridgehead atoms. The van der Waals surface area contributed by atoms with E-state index in [0.29, 0.717) is 29.7 Å². The minimum atomic E-state index is -0.163. The van der Waals surface area contributed by atoms with Crippen molar-refractivity contribution in [3.05, 3.63) is 71.3 Å². The van der Waals surface area contributed by atoms with Crippen LogP contribution in [-0.4, -0.2) is 27.2 Å². The van der Waals surface area contributed by atoms with Gasteiger partial charge in [-0.3, -0.25) is 4.79 Å². The molecule has 0 aliphatic heterocycles. The van der Waals surface area contributed by atoms with Crippen LogP contribution in [0.4, 0.5) is 5.69 Å². The fourth-order valence-corrected chi connectivity index (χ4v) is 3.21. The van der Waals surface area contributed by atoms with Crippen LogP contribution in [-0.2, 0) is 11.3 Å². The molecule has 1 N–H and O–H groups in total. The molecule has 2 heterocycles. The Morgan fingerprint density at radius 1 is 1.13 bits per heavy atom. The maximum Gasteiger partial charge on any atom is 0.274 e. The number of nitrogens with one attached hydrogen (secondary N) is 1. The molecule has 2 aromatic carbocycles. The van der Waals surface area contributed by atoms with Crippen LogP contribution < -0.4 is 10.1 Å². The van der Waals surface area contributed by atoms with E-state index in [1.807, 2.05) is 67.6 Å². The van der Waals surface area contributed by atoms with Gasteiger partial charge in [-0.1, -0.05) is 21.1 Å². The van der Waals surface area contributed by atoms with Crippen molar-refractivity contribution < 1.29 is 14.1 Å². The number of amides is 1. The van der Waals surface area contributed by atoms with Crippen molar-refractivity contribution in [1.29, 1.82) is 0 Å². The summed E-state index contributed by atoms with van der Waals surface area (Å²) in [4.78, 5) is 17.0. The zero-order valence-corrected chi connectivity index (χ0v) is 17.8. The summed E-state index contributed by atoms with van der Waals surface area (Å²) in [7, 11) is 0. The summed E-state index contributed by atoms with van der Waals surface area (Å²) in [5.74, 6) is 1.45. The van der Waals surface area contributed by atoms with Crippen molar-refractivity contribution in [3.63, 3.8) is 0 Å². The Kier molecular flexibility index (Phi) is 5.94. The first-order valence-corrected chi connectivity index (χ1v) is 10.2. The Labute approximate surface area is 181 Å². The van der Waals surface area contributed by atoms with Gasteiger partial charge in [0.05, 0.1) is 6.61 Å². The molecule has 0 saturated carbocycles. The molecule has 0 atom stereocenters. The van der Waals surface area contributed by atoms with Crippen molar-refractivity contribution in [2.75, 3.05) is 11.9 Å². The molecule has 0 aliphatic rings. The number of hydrogen-bond acceptors (Lipinski definition) is 5. The number of hydrogen-bond donors (Lipinski definition) is 1. The largest absolute Gasteiger partial charge is 0.494 e. The summed E-state index contributed by atoms with van der Waals surface area (Å²) in [6, 6.07) is 18.6. The number of anilines is 1. The Morgan fingerprint density at radius 3 is 2.63 bits per heavy atom. The van der Waals surface area contributed by atoms with Gasteiger partial charge in [0.1, 0.15) is 18.0 Å². The molecular formula is C22H19BrN4O3. The summed E-state index contributed by atoms with van der Waals surface area (Å²) in [5, 5.41) is 6.93. The fourth-order valence-electron chi connectivity index (χ4n) is 2.95. The molecule has 1 amide bonds. The summed E-state index contributed by atoms with van der Waals surface area (Å²) >= 11 is 3.41. The Hall–Kier alpha value is -3.39. The van der Waals surface area contributed by atoms with Crippen molar-refractivity contribution in [1.82, 2.24) is 14.7 Å². The molecule has 152 valence electrons. The van der Waals surface area contributed by atoms with Crippen LogP contribution in [0.15, 0.2) is 75.9 Å². The molecule has 0 unspecified atom stereocenters. The number of ether oxygens (including phenoxy) is 1. The van der Waals surface area contributed by atoms with E-state index in [1.54, 1.807) is 10.8 Å². The average molecular weight is 467 g/mol. The van der Waals surface area contributed by atoms with E-state index in [2.05, 4.69) is 31.4 Å². The molecule has 0 spiro atoms. The monoisotopic (exact) mass is 466 g/mol. The van der Waals surface area contributed by atoms with Crippen LogP contribution in [0.5, 0.6) is 5.75 Å². The second-order valence-corrected chi connectivity index (χ2v) is 7.37. The highest BCUT2D eigenvalue weighted by Crippen LogP contribution is 2.24. The van der Waals surface area contributed by atoms with E-state index in [4.69, 9.17) is 9.26 Å². The van der Waals surface area contributed by atoms with Gasteiger partial charge < -0.3 is 19.1 Å². The molecule has 2 aromatic heterocycles. The standard InChI is InChI=1S/C22H19BrN4O3/c1-2-29-18-11-9-17(10-12-18)24-20(28)14-27-13-3-4-19(27)22-25-21(26-30-22)15-5-7-16(23)8-6-15/h3-13H,2,14H2,1H3,(H,24,28). The number of benzene rings is 2. The first-order chi connectivity index (χ1) is 14.6. The molecule has 0 fully saturated rings. The zero-order chi connectivity index (χ0) is 20.9. The summed E-state index contributed by atoms with van der Waals surface area (Å²) < 4.78 is 13.6. The molecule has 7 nitrogen and oxygen atoms in total. The van der Waals surface area contributed by atoms with E-state index in [9.17, 15) is 4.79 Å². The van der Waals surface area contributed by atoms with Gasteiger partial charge in [-0.05, 0) is 67.6 Å². The van der Waals surface area contributed by atoms with Crippen molar-refractivity contribution in [3.8, 4) is 28.7 Å². The highest BCUT2D eigenvalue weighted by molar-refractivity contribution is 9.10. The lowest BCUT2D eigenvalue weighted by Crippen LogP contribution is -2.18. The predicted molar refractivity (Wildman–Crippen MR) is 117 cm³/mol. The third kappa shape index (κ3) is 4.60. The molecule has 30 heavy (non-hydrogen) atoms. The summed E-state index contributed by atoms with van der Waals surface area (Å²) in [6.45, 7) is 2.64. The van der Waals surface area contributed by atoms with Crippen LogP contribution in [0.2, 0.25) is 0 Å². The summed E-state index contributed by atoms with van der Waals surface area (Å²) in [5.41, 5.74) is 2.22. The maximum absolute atomic E-state index is 12.5. The molecule has 0 radical (unpaired) electrons. The zero-order valence-electron chi connectivity index (χ0n) is 16.2. The third-order valence-corrected chi connectivity index (χ3v) is 4.87. The quantitative estimate of drug-likeness (QED) is 0.414. The second-order valence-electron chi connectivity index (χ2n) is 6.46. The lowest BCUT2D eigenvalue weighted by molar-refractivity contribution is -0.116. The highest BCUT2D eigenvalue weighted by Gasteiger charge is 2.15. The number of rotatable bonds is 7. The number of carbonyl (C=O) groups is 1. The molecule has 4 aromatic rings. The van der Waals surface area contributed by atoms with Gasteiger partial charge >= 0.3 is 0 Å². The Balaban J connectivity index is 1.45. The van der Waals surface area contributed by atoms with Gasteiger partial charge in [0.2, 0.25) is 11.7 Å². The summed E-state index contributed by atoms with van der Waals surface area (Å²) in [6.07, 6.45) is 1.80. The van der Waals surface area contributed by atoms with Crippen LogP contribution in [0.3, 0.4) is 0 Å². The van der Waals surface area contributed by atoms with Gasteiger partial charge in [0.25, 0.3) is 5.89 Å². The maximum atomic E-state index is 12.5. The van der Waals surface area contributed by atoms with E-state index < -0.39 is 0 Å². The lowest BCUT2D eigenvalue weighted by Gasteiger charge is -2.09. The predicted octanol–water partition coefficient (Wildman–Crippen LogP) is 5.01. The SMILES string of the molecule is CCOc1ccc(NC(=O)Cn2cccc2-c2nc(-c3ccc(Br)cc3)no2)cc1. The normalized spacial score (nSPS) is 10.7. The van der Waals surface area contributed by atoms with Crippen LogP contribution in [0.25, 0.3) is 23.0 Å². The number of halogens is 1. The van der Waals surface area contributed by atoms with Gasteiger partial charge in [0, 0.05) is 21.9 Å². The first kappa shape index (κ1) is 19.9. The van der Waals surface area contributed by atoms with Gasteiger partial charge in [-0.15, -0.1) is 0 Å². The topological polar surface area (TPSA) is 82.2 Å². The fraction of sp³-hybridized carbons (Fsp3) is 0.136. The smallest absolute Gasteiger partial charge is 0.274 e. The highest BCUT2D eigenvalue weighted by atomic mass is 79.9. The minimum absolute atomic E-state index is 0.117. The third-order valence-electron chi connectivity index (χ3n) is 4.34. The second kappa shape index (κ2) is 8.96. The molecule has 4 rings (SSSR count). The van der Waals surface area contributed by atoms with Crippen molar-refractivity contribution >= 4 is 27.5 Å². The van der Waals surface area contributed by atoms with Gasteiger partial charge in [0.15, 0.2) is 0 Å². The Morgan fingerprint density at radius 2 is 1.90 bits per heavy atom. The van der Waals surface area contributed by atoms with Crippen molar-refractivity contribution in [2.45, 2.75) is 13.5 Å².